The molecule has 1 heterocycles. The third-order valence-electron chi connectivity index (χ3n) is 1.53. The lowest BCUT2D eigenvalue weighted by Crippen LogP contribution is -1.79. The van der Waals surface area contributed by atoms with Gasteiger partial charge in [-0.3, -0.25) is 5.10 Å². The Labute approximate surface area is 89.8 Å². The summed E-state index contributed by atoms with van der Waals surface area (Å²) in [4.78, 5) is 0. The lowest BCUT2D eigenvalue weighted by Gasteiger charge is -1.92. The maximum Gasteiger partial charge on any atom is 0.152 e. The second-order valence-corrected chi connectivity index (χ2v) is 4.36. The van der Waals surface area contributed by atoms with E-state index in [1.54, 1.807) is 0 Å². The van der Waals surface area contributed by atoms with Crippen molar-refractivity contribution in [3.05, 3.63) is 26.1 Å². The number of H-pyrrole nitrogens is 1. The predicted octanol–water partition coefficient (Wildman–Crippen LogP) is 3.07. The topological polar surface area (TPSA) is 28.7 Å². The van der Waals surface area contributed by atoms with Crippen LogP contribution in [0.1, 0.15) is 0 Å². The minimum Gasteiger partial charge on any atom is -0.270 e. The number of nitrogens with one attached hydrogen (secondary N) is 1. The Bertz CT molecular complexity index is 440. The molecule has 1 N–H and O–H groups in total. The molecule has 0 aliphatic carbocycles. The van der Waals surface area contributed by atoms with Gasteiger partial charge in [-0.15, -0.1) is 0 Å². The van der Waals surface area contributed by atoms with Crippen molar-refractivity contribution in [3.8, 4) is 0 Å². The standard InChI is InChI=1S/C7H3BrFIN2/c8-7-4-1-3(10)2-5(9)6(4)11-12-7/h1-2H,(H,11,12). The fourth-order valence-corrected chi connectivity index (χ4v) is 1.99. The SMILES string of the molecule is Fc1cc(I)cc2c(Br)[nH]nc12. The second-order valence-electron chi connectivity index (χ2n) is 2.32. The third kappa shape index (κ3) is 1.24. The molecule has 0 fully saturated rings. The fourth-order valence-electron chi connectivity index (χ4n) is 1.01. The van der Waals surface area contributed by atoms with Crippen LogP contribution in [0.25, 0.3) is 10.9 Å². The van der Waals surface area contributed by atoms with E-state index in [0.29, 0.717) is 5.52 Å². The normalized spacial score (nSPS) is 10.9. The molecule has 0 saturated heterocycles. The number of fused-ring (bicyclic) bond motifs is 1. The molecule has 2 nitrogen and oxygen atoms in total. The van der Waals surface area contributed by atoms with Crippen LogP contribution >= 0.6 is 38.5 Å². The number of hydrogen-bond donors (Lipinski definition) is 1. The largest absolute Gasteiger partial charge is 0.270 e. The molecule has 0 atom stereocenters. The van der Waals surface area contributed by atoms with Gasteiger partial charge < -0.3 is 0 Å². The lowest BCUT2D eigenvalue weighted by atomic mass is 10.2. The highest BCUT2D eigenvalue weighted by Gasteiger charge is 2.08. The van der Waals surface area contributed by atoms with Gasteiger partial charge >= 0.3 is 0 Å². The van der Waals surface area contributed by atoms with Gasteiger partial charge in [0.2, 0.25) is 0 Å². The van der Waals surface area contributed by atoms with Gasteiger partial charge in [0.15, 0.2) is 5.82 Å². The van der Waals surface area contributed by atoms with Crippen LogP contribution in [0.5, 0.6) is 0 Å². The van der Waals surface area contributed by atoms with Crippen LogP contribution in [-0.2, 0) is 0 Å². The van der Waals surface area contributed by atoms with Crippen molar-refractivity contribution in [2.45, 2.75) is 0 Å². The summed E-state index contributed by atoms with van der Waals surface area (Å²) in [6.07, 6.45) is 0. The molecular weight excluding hydrogens is 338 g/mol. The number of nitrogens with zero attached hydrogens (tertiary/aromatic N) is 1. The average Bonchev–Trinajstić information content (AvgIpc) is 2.33. The summed E-state index contributed by atoms with van der Waals surface area (Å²) in [6.45, 7) is 0. The molecule has 5 heteroatoms. The zero-order valence-electron chi connectivity index (χ0n) is 5.74. The first kappa shape index (κ1) is 8.43. The Balaban J connectivity index is 2.92. The van der Waals surface area contributed by atoms with E-state index in [-0.39, 0.29) is 5.82 Å². The van der Waals surface area contributed by atoms with E-state index in [2.05, 4.69) is 48.7 Å². The van der Waals surface area contributed by atoms with Crippen LogP contribution in [0.2, 0.25) is 0 Å². The van der Waals surface area contributed by atoms with Crippen LogP contribution in [0, 0.1) is 9.39 Å². The van der Waals surface area contributed by atoms with Gasteiger partial charge in [0.1, 0.15) is 10.1 Å². The number of rotatable bonds is 0. The van der Waals surface area contributed by atoms with Crippen LogP contribution in [-0.4, -0.2) is 10.2 Å². The zero-order valence-corrected chi connectivity index (χ0v) is 9.48. The summed E-state index contributed by atoms with van der Waals surface area (Å²) in [5, 5.41) is 7.25. The second kappa shape index (κ2) is 2.95. The molecule has 0 aliphatic rings. The van der Waals surface area contributed by atoms with Crippen molar-refractivity contribution in [2.75, 3.05) is 0 Å². The minimum absolute atomic E-state index is 0.293. The number of aromatic amines is 1. The van der Waals surface area contributed by atoms with Gasteiger partial charge in [-0.1, -0.05) is 0 Å². The van der Waals surface area contributed by atoms with Gasteiger partial charge in [-0.05, 0) is 50.7 Å². The van der Waals surface area contributed by atoms with E-state index in [9.17, 15) is 4.39 Å². The molecule has 1 aromatic heterocycles. The van der Waals surface area contributed by atoms with Gasteiger partial charge in [0.25, 0.3) is 0 Å². The maximum absolute atomic E-state index is 13.2. The van der Waals surface area contributed by atoms with Gasteiger partial charge in [0, 0.05) is 8.96 Å². The Hall–Kier alpha value is -0.170. The van der Waals surface area contributed by atoms with Crippen molar-refractivity contribution >= 4 is 49.4 Å². The van der Waals surface area contributed by atoms with E-state index in [1.807, 2.05) is 6.07 Å². The molecule has 1 aromatic carbocycles. The molecule has 12 heavy (non-hydrogen) atoms. The monoisotopic (exact) mass is 340 g/mol. The van der Waals surface area contributed by atoms with Crippen LogP contribution in [0.3, 0.4) is 0 Å². The molecule has 0 aliphatic heterocycles. The molecule has 0 radical (unpaired) electrons. The molecule has 2 aromatic rings. The Kier molecular flexibility index (Phi) is 2.07. The smallest absolute Gasteiger partial charge is 0.152 e. The first-order valence-electron chi connectivity index (χ1n) is 3.17. The van der Waals surface area contributed by atoms with Crippen LogP contribution < -0.4 is 0 Å². The minimum atomic E-state index is -0.293. The summed E-state index contributed by atoms with van der Waals surface area (Å²) in [5.41, 5.74) is 0.377. The molecule has 2 rings (SSSR count). The molecule has 0 spiro atoms. The summed E-state index contributed by atoms with van der Waals surface area (Å²) < 4.78 is 14.7. The van der Waals surface area contributed by atoms with Crippen molar-refractivity contribution in [1.29, 1.82) is 0 Å². The van der Waals surface area contributed by atoms with Crippen LogP contribution in [0.4, 0.5) is 4.39 Å². The van der Waals surface area contributed by atoms with Crippen molar-refractivity contribution in [1.82, 2.24) is 10.2 Å². The van der Waals surface area contributed by atoms with Gasteiger partial charge in [-0.25, -0.2) is 4.39 Å². The highest BCUT2D eigenvalue weighted by molar-refractivity contribution is 14.1. The molecule has 62 valence electrons. The highest BCUT2D eigenvalue weighted by atomic mass is 127. The first-order valence-corrected chi connectivity index (χ1v) is 5.04. The van der Waals surface area contributed by atoms with Gasteiger partial charge in [-0.2, -0.15) is 5.10 Å². The first-order chi connectivity index (χ1) is 5.68. The Morgan fingerprint density at radius 2 is 2.25 bits per heavy atom. The lowest BCUT2D eigenvalue weighted by molar-refractivity contribution is 0.635. The number of aromatic nitrogens is 2. The van der Waals surface area contributed by atoms with Gasteiger partial charge in [0.05, 0.1) is 0 Å². The predicted molar refractivity (Wildman–Crippen MR) is 56.5 cm³/mol. The average molecular weight is 341 g/mol. The van der Waals surface area contributed by atoms with Crippen LogP contribution in [0.15, 0.2) is 16.7 Å². The quantitative estimate of drug-likeness (QED) is 0.734. The number of halogens is 3. The number of hydrogen-bond acceptors (Lipinski definition) is 1. The molecular formula is C7H3BrFIN2. The Morgan fingerprint density at radius 3 is 3.00 bits per heavy atom. The van der Waals surface area contributed by atoms with E-state index in [0.717, 1.165) is 13.6 Å². The van der Waals surface area contributed by atoms with E-state index < -0.39 is 0 Å². The van der Waals surface area contributed by atoms with E-state index in [1.165, 1.54) is 6.07 Å². The fraction of sp³-hybridized carbons (Fsp3) is 0. The van der Waals surface area contributed by atoms with Crippen molar-refractivity contribution < 1.29 is 4.39 Å². The Morgan fingerprint density at radius 1 is 1.50 bits per heavy atom. The third-order valence-corrected chi connectivity index (χ3v) is 2.76. The summed E-state index contributed by atoms with van der Waals surface area (Å²) in [7, 11) is 0. The maximum atomic E-state index is 13.2. The number of benzene rings is 1. The zero-order chi connectivity index (χ0) is 8.72. The summed E-state index contributed by atoms with van der Waals surface area (Å²) in [6, 6.07) is 3.32. The van der Waals surface area contributed by atoms with E-state index in [4.69, 9.17) is 0 Å². The van der Waals surface area contributed by atoms with Crippen molar-refractivity contribution in [3.63, 3.8) is 0 Å². The van der Waals surface area contributed by atoms with E-state index >= 15 is 0 Å². The molecule has 0 amide bonds. The molecule has 0 unspecified atom stereocenters. The molecule has 0 saturated carbocycles. The molecule has 0 bridgehead atoms. The summed E-state index contributed by atoms with van der Waals surface area (Å²) in [5.74, 6) is -0.293. The highest BCUT2D eigenvalue weighted by Crippen LogP contribution is 2.25. The summed E-state index contributed by atoms with van der Waals surface area (Å²) >= 11 is 5.31. The van der Waals surface area contributed by atoms with Crippen molar-refractivity contribution in [2.24, 2.45) is 0 Å².